The van der Waals surface area contributed by atoms with Crippen LogP contribution in [0.3, 0.4) is 0 Å². The van der Waals surface area contributed by atoms with Crippen molar-refractivity contribution in [3.8, 4) is 0 Å². The maximum Gasteiger partial charge on any atom is 0.270 e. The Bertz CT molecular complexity index is 953. The highest BCUT2D eigenvalue weighted by atomic mass is 79.9. The van der Waals surface area contributed by atoms with Crippen LogP contribution in [0.5, 0.6) is 0 Å². The highest BCUT2D eigenvalue weighted by Gasteiger charge is 2.31. The lowest BCUT2D eigenvalue weighted by molar-refractivity contribution is -0.384. The van der Waals surface area contributed by atoms with Gasteiger partial charge < -0.3 is 10.2 Å². The lowest BCUT2D eigenvalue weighted by Gasteiger charge is -2.25. The molecule has 1 heterocycles. The van der Waals surface area contributed by atoms with E-state index in [1.54, 1.807) is 16.7 Å². The van der Waals surface area contributed by atoms with Crippen LogP contribution in [0.15, 0.2) is 46.9 Å². The summed E-state index contributed by atoms with van der Waals surface area (Å²) >= 11 is 5.04. The van der Waals surface area contributed by atoms with Gasteiger partial charge in [-0.2, -0.15) is 11.8 Å². The van der Waals surface area contributed by atoms with E-state index in [1.807, 2.05) is 24.5 Å². The molecule has 0 saturated carbocycles. The van der Waals surface area contributed by atoms with Gasteiger partial charge in [0.15, 0.2) is 0 Å². The van der Waals surface area contributed by atoms with E-state index in [1.165, 1.54) is 24.3 Å². The van der Waals surface area contributed by atoms with Crippen molar-refractivity contribution in [2.75, 3.05) is 23.5 Å². The minimum absolute atomic E-state index is 0.159. The molecule has 0 bridgehead atoms. The van der Waals surface area contributed by atoms with Crippen molar-refractivity contribution in [2.45, 2.75) is 18.9 Å². The Hall–Kier alpha value is -2.39. The third kappa shape index (κ3) is 4.97. The fraction of sp³-hybridized carbons (Fsp3) is 0.300. The molecule has 1 aliphatic heterocycles. The Morgan fingerprint density at radius 3 is 2.83 bits per heavy atom. The molecule has 1 N–H and O–H groups in total. The molecule has 0 fully saturated rings. The molecule has 2 aromatic carbocycles. The molecule has 152 valence electrons. The molecule has 9 heteroatoms. The zero-order chi connectivity index (χ0) is 21.0. The minimum Gasteiger partial charge on any atom is -0.340 e. The lowest BCUT2D eigenvalue weighted by atomic mass is 10.1. The van der Waals surface area contributed by atoms with Gasteiger partial charge in [0.05, 0.1) is 4.92 Å². The summed E-state index contributed by atoms with van der Waals surface area (Å²) in [6.07, 6.45) is 3.17. The molecule has 3 rings (SSSR count). The molecule has 0 aromatic heterocycles. The first-order valence-corrected chi connectivity index (χ1v) is 11.2. The number of non-ortho nitro benzene ring substituents is 1. The number of nitro benzene ring substituents is 1. The van der Waals surface area contributed by atoms with Crippen molar-refractivity contribution in [1.82, 2.24) is 5.32 Å². The van der Waals surface area contributed by atoms with Crippen LogP contribution in [-0.2, 0) is 11.2 Å². The van der Waals surface area contributed by atoms with E-state index in [4.69, 9.17) is 0 Å². The summed E-state index contributed by atoms with van der Waals surface area (Å²) in [7, 11) is 0. The second-order valence-corrected chi connectivity index (χ2v) is 8.53. The second kappa shape index (κ2) is 9.41. The van der Waals surface area contributed by atoms with Crippen LogP contribution in [0, 0.1) is 10.1 Å². The molecule has 1 atom stereocenters. The Morgan fingerprint density at radius 2 is 2.10 bits per heavy atom. The topological polar surface area (TPSA) is 92.5 Å². The van der Waals surface area contributed by atoms with E-state index in [0.29, 0.717) is 18.7 Å². The number of carbonyl (C=O) groups excluding carboxylic acids is 2. The Morgan fingerprint density at radius 1 is 1.31 bits per heavy atom. The minimum atomic E-state index is -0.705. The number of carbonyl (C=O) groups is 2. The lowest BCUT2D eigenvalue weighted by Crippen LogP contribution is -2.48. The number of rotatable bonds is 7. The summed E-state index contributed by atoms with van der Waals surface area (Å²) in [5.74, 6) is 0.0365. The number of hydrogen-bond donors (Lipinski definition) is 1. The Labute approximate surface area is 181 Å². The Kier molecular flexibility index (Phi) is 6.92. The third-order valence-corrected chi connectivity index (χ3v) is 5.87. The van der Waals surface area contributed by atoms with E-state index in [-0.39, 0.29) is 17.2 Å². The van der Waals surface area contributed by atoms with Gasteiger partial charge in [-0.1, -0.05) is 22.0 Å². The molecule has 7 nitrogen and oxygen atoms in total. The highest BCUT2D eigenvalue weighted by Crippen LogP contribution is 2.31. The first-order valence-electron chi connectivity index (χ1n) is 9.04. The maximum atomic E-state index is 13.2. The van der Waals surface area contributed by atoms with Crippen molar-refractivity contribution >= 4 is 50.9 Å². The SMILES string of the molecule is CSCCC(NC(=O)c1cccc([N+](=O)[O-])c1)C(=O)N1CCc2cc(Br)ccc21. The van der Waals surface area contributed by atoms with Gasteiger partial charge in [0.25, 0.3) is 11.6 Å². The summed E-state index contributed by atoms with van der Waals surface area (Å²) in [5, 5.41) is 13.7. The first-order chi connectivity index (χ1) is 13.9. The van der Waals surface area contributed by atoms with Crippen LogP contribution in [0.25, 0.3) is 0 Å². The number of benzene rings is 2. The Balaban J connectivity index is 1.80. The number of hydrogen-bond acceptors (Lipinski definition) is 5. The maximum absolute atomic E-state index is 13.2. The standard InChI is InChI=1S/C20H20BrN3O4S/c1-29-10-8-17(22-19(25)14-3-2-4-16(12-14)24(27)28)20(26)23-9-7-13-11-15(21)5-6-18(13)23/h2-6,11-12,17H,7-10H2,1H3,(H,22,25). The smallest absolute Gasteiger partial charge is 0.270 e. The quantitative estimate of drug-likeness (QED) is 0.483. The van der Waals surface area contributed by atoms with Gasteiger partial charge in [-0.15, -0.1) is 0 Å². The summed E-state index contributed by atoms with van der Waals surface area (Å²) in [6.45, 7) is 0.563. The molecule has 1 unspecified atom stereocenters. The number of nitro groups is 1. The van der Waals surface area contributed by atoms with Gasteiger partial charge in [-0.05, 0) is 54.7 Å². The van der Waals surface area contributed by atoms with Crippen LogP contribution in [0.2, 0.25) is 0 Å². The van der Waals surface area contributed by atoms with Gasteiger partial charge in [0.1, 0.15) is 6.04 Å². The molecular formula is C20H20BrN3O4S. The average Bonchev–Trinajstić information content (AvgIpc) is 3.13. The first kappa shape index (κ1) is 21.3. The zero-order valence-corrected chi connectivity index (χ0v) is 18.2. The summed E-state index contributed by atoms with van der Waals surface area (Å²) < 4.78 is 0.962. The predicted molar refractivity (Wildman–Crippen MR) is 118 cm³/mol. The molecule has 0 radical (unpaired) electrons. The molecule has 2 aromatic rings. The monoisotopic (exact) mass is 477 g/mol. The van der Waals surface area contributed by atoms with Crippen LogP contribution in [-0.4, -0.2) is 41.3 Å². The molecule has 0 spiro atoms. The fourth-order valence-electron chi connectivity index (χ4n) is 3.28. The summed E-state index contributed by atoms with van der Waals surface area (Å²) in [4.78, 5) is 38.0. The molecule has 29 heavy (non-hydrogen) atoms. The molecule has 0 aliphatic carbocycles. The number of halogens is 1. The zero-order valence-electron chi connectivity index (χ0n) is 15.8. The molecular weight excluding hydrogens is 458 g/mol. The summed E-state index contributed by atoms with van der Waals surface area (Å²) in [5.41, 5.74) is 1.94. The van der Waals surface area contributed by atoms with Gasteiger partial charge in [-0.3, -0.25) is 19.7 Å². The summed E-state index contributed by atoms with van der Waals surface area (Å²) in [6, 6.07) is 10.6. The van der Waals surface area contributed by atoms with E-state index >= 15 is 0 Å². The number of nitrogens with one attached hydrogen (secondary N) is 1. The average molecular weight is 478 g/mol. The number of amides is 2. The largest absolute Gasteiger partial charge is 0.340 e. The predicted octanol–water partition coefficient (Wildman–Crippen LogP) is 3.80. The second-order valence-electron chi connectivity index (χ2n) is 6.63. The van der Waals surface area contributed by atoms with Crippen molar-refractivity contribution in [1.29, 1.82) is 0 Å². The van der Waals surface area contributed by atoms with Gasteiger partial charge in [0, 0.05) is 34.4 Å². The number of thioether (sulfide) groups is 1. The highest BCUT2D eigenvalue weighted by molar-refractivity contribution is 9.10. The molecule has 2 amide bonds. The molecule has 0 saturated heterocycles. The number of fused-ring (bicyclic) bond motifs is 1. The fourth-order valence-corrected chi connectivity index (χ4v) is 4.16. The third-order valence-electron chi connectivity index (χ3n) is 4.74. The van der Waals surface area contributed by atoms with Crippen molar-refractivity contribution in [2.24, 2.45) is 0 Å². The van der Waals surface area contributed by atoms with Crippen LogP contribution >= 0.6 is 27.7 Å². The van der Waals surface area contributed by atoms with Crippen molar-refractivity contribution in [3.63, 3.8) is 0 Å². The normalized spacial score (nSPS) is 13.7. The van der Waals surface area contributed by atoms with E-state index in [2.05, 4.69) is 21.2 Å². The van der Waals surface area contributed by atoms with Gasteiger partial charge in [-0.25, -0.2) is 0 Å². The van der Waals surface area contributed by atoms with Crippen LogP contribution in [0.1, 0.15) is 22.3 Å². The van der Waals surface area contributed by atoms with Gasteiger partial charge in [0.2, 0.25) is 5.91 Å². The van der Waals surface area contributed by atoms with E-state index < -0.39 is 16.9 Å². The van der Waals surface area contributed by atoms with E-state index in [9.17, 15) is 19.7 Å². The van der Waals surface area contributed by atoms with Crippen LogP contribution in [0.4, 0.5) is 11.4 Å². The number of anilines is 1. The van der Waals surface area contributed by atoms with Gasteiger partial charge >= 0.3 is 0 Å². The van der Waals surface area contributed by atoms with Crippen LogP contribution < -0.4 is 10.2 Å². The number of nitrogens with zero attached hydrogens (tertiary/aromatic N) is 2. The molecule has 1 aliphatic rings. The van der Waals surface area contributed by atoms with E-state index in [0.717, 1.165) is 22.1 Å². The van der Waals surface area contributed by atoms with Crippen molar-refractivity contribution < 1.29 is 14.5 Å². The van der Waals surface area contributed by atoms with Crippen molar-refractivity contribution in [3.05, 3.63) is 68.2 Å².